The number of hydrogen-bond acceptors (Lipinski definition) is 0. The highest BCUT2D eigenvalue weighted by Crippen LogP contribution is 2.38. The molecule has 0 saturated heterocycles. The molecule has 0 heterocycles. The summed E-state index contributed by atoms with van der Waals surface area (Å²) < 4.78 is 0. The Morgan fingerprint density at radius 1 is 0.211 bits per heavy atom. The number of hydrogen-bond donors (Lipinski definition) is 0. The van der Waals surface area contributed by atoms with E-state index in [0.29, 0.717) is 0 Å². The minimum absolute atomic E-state index is 1.37. The lowest BCUT2D eigenvalue weighted by Crippen LogP contribution is -1.84. The lowest BCUT2D eigenvalue weighted by Gasteiger charge is -2.04. The van der Waals surface area contributed by atoms with E-state index in [-0.39, 0.29) is 0 Å². The fourth-order valence-corrected chi connectivity index (χ4v) is 8.31. The summed E-state index contributed by atoms with van der Waals surface area (Å²) in [5.41, 5.74) is 0. The normalized spacial score (nSPS) is 12.2. The molecule has 0 unspecified atom stereocenters. The van der Waals surface area contributed by atoms with Crippen LogP contribution in [0.1, 0.15) is 219 Å². The van der Waals surface area contributed by atoms with Gasteiger partial charge in [-0.15, -0.1) is 0 Å². The third kappa shape index (κ3) is 36.9. The predicted octanol–water partition coefficient (Wildman–Crippen LogP) is 15.3. The van der Waals surface area contributed by atoms with Crippen LogP contribution in [0.4, 0.5) is 0 Å². The van der Waals surface area contributed by atoms with Gasteiger partial charge in [0.25, 0.3) is 0 Å². The summed E-state index contributed by atoms with van der Waals surface area (Å²) in [7, 11) is 3.43. The highest BCUT2D eigenvalue weighted by atomic mass is 32.0. The van der Waals surface area contributed by atoms with Crippen molar-refractivity contribution in [3.05, 3.63) is 0 Å². The summed E-state index contributed by atoms with van der Waals surface area (Å²) in [6.07, 6.45) is 50.2. The first-order valence-electron chi connectivity index (χ1n) is 18.2. The molecule has 0 fully saturated rings. The molecule has 0 aromatic heterocycles. The van der Waals surface area contributed by atoms with E-state index in [4.69, 9.17) is 0 Å². The minimum atomic E-state index is 1.37. The maximum absolute atomic E-state index is 2.31. The van der Waals surface area contributed by atoms with E-state index in [1.807, 2.05) is 0 Å². The molecule has 0 aromatic carbocycles. The van der Waals surface area contributed by atoms with Crippen LogP contribution < -0.4 is 0 Å². The van der Waals surface area contributed by atoms with Crippen molar-refractivity contribution in [3.63, 3.8) is 0 Å². The molecule has 0 amide bonds. The number of unbranched alkanes of at least 4 members (excludes halogenated alkanes) is 30. The Morgan fingerprint density at radius 2 is 0.368 bits per heavy atom. The van der Waals surface area contributed by atoms with Crippen molar-refractivity contribution in [3.8, 4) is 0 Å². The molecule has 0 nitrogen and oxygen atoms in total. The monoisotopic (exact) mass is 569 g/mol. The molecule has 2 radical (unpaired) electrons. The van der Waals surface area contributed by atoms with Crippen molar-refractivity contribution in [1.82, 2.24) is 0 Å². The summed E-state index contributed by atoms with van der Waals surface area (Å²) in [6.45, 7) is 4.62. The largest absolute Gasteiger partial charge is 0.0654 e. The van der Waals surface area contributed by atoms with E-state index in [9.17, 15) is 0 Å². The van der Waals surface area contributed by atoms with E-state index in [2.05, 4.69) is 13.8 Å². The third-order valence-corrected chi connectivity index (χ3v) is 11.4. The quantitative estimate of drug-likeness (QED) is 0.0527. The van der Waals surface area contributed by atoms with Crippen LogP contribution in [0.2, 0.25) is 0 Å². The van der Waals surface area contributed by atoms with Gasteiger partial charge in [0.1, 0.15) is 0 Å². The van der Waals surface area contributed by atoms with E-state index >= 15 is 0 Å². The van der Waals surface area contributed by atoms with Gasteiger partial charge in [0, 0.05) is 0 Å². The van der Waals surface area contributed by atoms with E-state index in [1.165, 1.54) is 218 Å². The Bertz CT molecular complexity index is 348. The third-order valence-electron chi connectivity index (χ3n) is 8.32. The maximum atomic E-state index is 2.31. The first-order chi connectivity index (χ1) is 18.9. The summed E-state index contributed by atoms with van der Waals surface area (Å²) in [5, 5.41) is 0. The van der Waals surface area contributed by atoms with Crippen LogP contribution >= 0.6 is 16.5 Å². The second kappa shape index (κ2) is 37.9. The van der Waals surface area contributed by atoms with Crippen LogP contribution in [0.25, 0.3) is 0 Å². The average Bonchev–Trinajstić information content (AvgIpc) is 2.93. The smallest absolute Gasteiger partial charge is 0.0242 e. The topological polar surface area (TPSA) is 0 Å². The van der Waals surface area contributed by atoms with E-state index < -0.39 is 0 Å². The second-order valence-corrected chi connectivity index (χ2v) is 15.5. The van der Waals surface area contributed by atoms with Gasteiger partial charge in [0.2, 0.25) is 0 Å². The van der Waals surface area contributed by atoms with Gasteiger partial charge in [0.05, 0.1) is 0 Å². The first kappa shape index (κ1) is 38.9. The molecular weight excluding hydrogens is 494 g/mol. The summed E-state index contributed by atoms with van der Waals surface area (Å²) in [4.78, 5) is 0. The van der Waals surface area contributed by atoms with Crippen molar-refractivity contribution in [1.29, 1.82) is 0 Å². The van der Waals surface area contributed by atoms with Crippen molar-refractivity contribution >= 4 is 16.5 Å². The Labute approximate surface area is 247 Å². The average molecular weight is 569 g/mol. The van der Waals surface area contributed by atoms with Crippen LogP contribution in [-0.2, 0) is 0 Å². The van der Waals surface area contributed by atoms with Gasteiger partial charge in [-0.2, -0.15) is 0 Å². The second-order valence-electron chi connectivity index (χ2n) is 12.3. The molecule has 2 heteroatoms. The van der Waals surface area contributed by atoms with Gasteiger partial charge >= 0.3 is 0 Å². The van der Waals surface area contributed by atoms with Crippen LogP contribution in [0, 0.1) is 0 Å². The maximum Gasteiger partial charge on any atom is -0.0242 e. The van der Waals surface area contributed by atoms with Crippen LogP contribution in [0.5, 0.6) is 0 Å². The highest BCUT2D eigenvalue weighted by Gasteiger charge is 1.97. The van der Waals surface area contributed by atoms with Gasteiger partial charge in [0.15, 0.2) is 0 Å². The summed E-state index contributed by atoms with van der Waals surface area (Å²) in [6, 6.07) is 0. The molecule has 0 atom stereocenters. The lowest BCUT2D eigenvalue weighted by atomic mass is 10.0. The molecule has 0 spiro atoms. The van der Waals surface area contributed by atoms with Gasteiger partial charge in [-0.1, -0.05) is 206 Å². The first-order valence-corrected chi connectivity index (χ1v) is 21.1. The summed E-state index contributed by atoms with van der Waals surface area (Å²) in [5.74, 6) is 0. The zero-order valence-electron chi connectivity index (χ0n) is 26.9. The SMILES string of the molecule is CCCCCCCCCCCCCCCCCC[P][P]CCCCCCCCCCCCCCCCCC. The van der Waals surface area contributed by atoms with E-state index in [0.717, 1.165) is 0 Å². The van der Waals surface area contributed by atoms with Crippen molar-refractivity contribution in [2.75, 3.05) is 12.3 Å². The molecule has 228 valence electrons. The molecule has 0 aromatic rings. The molecule has 0 saturated carbocycles. The highest BCUT2D eigenvalue weighted by molar-refractivity contribution is 8.11. The van der Waals surface area contributed by atoms with Crippen molar-refractivity contribution in [2.45, 2.75) is 219 Å². The summed E-state index contributed by atoms with van der Waals surface area (Å²) >= 11 is 0. The number of rotatable bonds is 35. The standard InChI is InChI=1S/C36H74P2/c1-3-5-7-9-11-13-15-17-19-21-23-25-27-29-31-33-35-37-38-36-34-32-30-28-26-24-22-20-18-16-14-12-10-8-6-4-2/h3-36H2,1-2H3. The molecule has 0 bridgehead atoms. The fraction of sp³-hybridized carbons (Fsp3) is 1.00. The molecule has 0 aliphatic heterocycles. The molecule has 0 N–H and O–H groups in total. The van der Waals surface area contributed by atoms with Crippen molar-refractivity contribution in [2.24, 2.45) is 0 Å². The Balaban J connectivity index is 3.01. The van der Waals surface area contributed by atoms with Crippen molar-refractivity contribution < 1.29 is 0 Å². The van der Waals surface area contributed by atoms with Gasteiger partial charge in [-0.3, -0.25) is 0 Å². The Morgan fingerprint density at radius 3 is 0.553 bits per heavy atom. The van der Waals surface area contributed by atoms with E-state index in [1.54, 1.807) is 16.5 Å². The minimum Gasteiger partial charge on any atom is -0.0654 e. The molecule has 0 rings (SSSR count). The fourth-order valence-electron chi connectivity index (χ4n) is 5.60. The van der Waals surface area contributed by atoms with Crippen LogP contribution in [0.15, 0.2) is 0 Å². The van der Waals surface area contributed by atoms with Gasteiger partial charge < -0.3 is 0 Å². The Hall–Kier alpha value is 0.860. The van der Waals surface area contributed by atoms with Gasteiger partial charge in [-0.25, -0.2) is 0 Å². The molecule has 38 heavy (non-hydrogen) atoms. The van der Waals surface area contributed by atoms with Crippen LogP contribution in [0.3, 0.4) is 0 Å². The van der Waals surface area contributed by atoms with Crippen LogP contribution in [-0.4, -0.2) is 12.3 Å². The zero-order valence-corrected chi connectivity index (χ0v) is 28.7. The molecule has 0 aliphatic carbocycles. The predicted molar refractivity (Wildman–Crippen MR) is 183 cm³/mol. The zero-order chi connectivity index (χ0) is 27.5. The lowest BCUT2D eigenvalue weighted by molar-refractivity contribution is 0.531. The molecule has 0 aliphatic rings. The Kier molecular flexibility index (Phi) is 38.7. The molecular formula is C36H74P2. The van der Waals surface area contributed by atoms with Gasteiger partial charge in [-0.05, 0) is 41.7 Å².